The highest BCUT2D eigenvalue weighted by atomic mass is 127. The van der Waals surface area contributed by atoms with Crippen molar-refractivity contribution in [1.29, 1.82) is 0 Å². The molecule has 9 nitrogen and oxygen atoms in total. The van der Waals surface area contributed by atoms with E-state index in [0.717, 1.165) is 44.2 Å². The highest BCUT2D eigenvalue weighted by Crippen LogP contribution is 2.24. The van der Waals surface area contributed by atoms with Crippen LogP contribution in [0, 0.1) is 0 Å². The topological polar surface area (TPSA) is 96.2 Å². The highest BCUT2D eigenvalue weighted by molar-refractivity contribution is 14.0. The number of rotatable bonds is 9. The first-order valence-electron chi connectivity index (χ1n) is 11.1. The van der Waals surface area contributed by atoms with Crippen molar-refractivity contribution < 1.29 is 14.6 Å². The number of hydrogen-bond donors (Lipinski definition) is 3. The summed E-state index contributed by atoms with van der Waals surface area (Å²) in [5.74, 6) is 1.51. The molecular formula is C23H37IN6O3. The lowest BCUT2D eigenvalue weighted by Crippen LogP contribution is -2.46. The molecule has 2 heterocycles. The summed E-state index contributed by atoms with van der Waals surface area (Å²) in [4.78, 5) is 7.08. The molecule has 1 aromatic carbocycles. The van der Waals surface area contributed by atoms with Crippen LogP contribution in [0.2, 0.25) is 0 Å². The van der Waals surface area contributed by atoms with Gasteiger partial charge in [-0.25, -0.2) is 4.99 Å². The van der Waals surface area contributed by atoms with E-state index in [-0.39, 0.29) is 36.6 Å². The number of aryl methyl sites for hydroxylation is 1. The number of nitrogens with one attached hydrogen (secondary N) is 2. The third-order valence-corrected chi connectivity index (χ3v) is 5.67. The van der Waals surface area contributed by atoms with Gasteiger partial charge in [0.1, 0.15) is 11.4 Å². The summed E-state index contributed by atoms with van der Waals surface area (Å²) >= 11 is 0. The lowest BCUT2D eigenvalue weighted by atomic mass is 10.0. The zero-order valence-corrected chi connectivity index (χ0v) is 22.3. The minimum Gasteiger partial charge on any atom is -0.497 e. The van der Waals surface area contributed by atoms with E-state index >= 15 is 0 Å². The Morgan fingerprint density at radius 3 is 2.55 bits per heavy atom. The fourth-order valence-electron chi connectivity index (χ4n) is 3.73. The van der Waals surface area contributed by atoms with E-state index in [1.54, 1.807) is 24.9 Å². The van der Waals surface area contributed by atoms with Crippen LogP contribution in [0.4, 0.5) is 0 Å². The largest absolute Gasteiger partial charge is 0.497 e. The Labute approximate surface area is 213 Å². The average Bonchev–Trinajstić information content (AvgIpc) is 3.26. The molecule has 0 bridgehead atoms. The van der Waals surface area contributed by atoms with Gasteiger partial charge in [-0.3, -0.25) is 9.58 Å². The van der Waals surface area contributed by atoms with Crippen molar-refractivity contribution in [2.75, 3.05) is 53.0 Å². The van der Waals surface area contributed by atoms with Gasteiger partial charge in [0.25, 0.3) is 0 Å². The van der Waals surface area contributed by atoms with E-state index in [9.17, 15) is 5.11 Å². The number of ether oxygens (including phenoxy) is 2. The summed E-state index contributed by atoms with van der Waals surface area (Å²) in [6.07, 6.45) is 3.49. The number of guanidine groups is 1. The fraction of sp³-hybridized carbons (Fsp3) is 0.565. The lowest BCUT2D eigenvalue weighted by molar-refractivity contribution is 0.0169. The molecule has 0 spiro atoms. The van der Waals surface area contributed by atoms with Gasteiger partial charge >= 0.3 is 0 Å². The maximum atomic E-state index is 10.9. The molecule has 2 atom stereocenters. The summed E-state index contributed by atoms with van der Waals surface area (Å²) < 4.78 is 12.6. The maximum Gasteiger partial charge on any atom is 0.191 e. The number of halogens is 1. The Kier molecular flexibility index (Phi) is 10.9. The molecule has 0 aliphatic carbocycles. The van der Waals surface area contributed by atoms with Crippen LogP contribution in [0.1, 0.15) is 31.0 Å². The van der Waals surface area contributed by atoms with E-state index in [1.807, 2.05) is 32.3 Å². The van der Waals surface area contributed by atoms with Crippen LogP contribution in [0.5, 0.6) is 5.75 Å². The Morgan fingerprint density at radius 2 is 1.97 bits per heavy atom. The molecule has 1 aromatic heterocycles. The van der Waals surface area contributed by atoms with Crippen molar-refractivity contribution in [1.82, 2.24) is 25.3 Å². The zero-order valence-electron chi connectivity index (χ0n) is 20.0. The molecule has 184 valence electrons. The van der Waals surface area contributed by atoms with Crippen molar-refractivity contribution in [3.63, 3.8) is 0 Å². The number of benzene rings is 1. The predicted molar refractivity (Wildman–Crippen MR) is 140 cm³/mol. The number of hydrogen-bond acceptors (Lipinski definition) is 6. The molecule has 1 saturated heterocycles. The van der Waals surface area contributed by atoms with Gasteiger partial charge in [-0.1, -0.05) is 12.1 Å². The molecule has 0 saturated carbocycles. The quantitative estimate of drug-likeness (QED) is 0.240. The van der Waals surface area contributed by atoms with Gasteiger partial charge in [-0.2, -0.15) is 5.10 Å². The zero-order chi connectivity index (χ0) is 23.0. The molecule has 3 N–H and O–H groups in total. The van der Waals surface area contributed by atoms with Crippen molar-refractivity contribution >= 4 is 29.9 Å². The average molecular weight is 572 g/mol. The summed E-state index contributed by atoms with van der Waals surface area (Å²) in [6.45, 7) is 8.62. The van der Waals surface area contributed by atoms with Gasteiger partial charge in [0, 0.05) is 45.0 Å². The van der Waals surface area contributed by atoms with Crippen LogP contribution >= 0.6 is 24.0 Å². The standard InChI is InChI=1S/C23H36N6O3.HI/c1-5-24-22(26-17-23(2,30)19-14-27-28(3)16-19)25-15-21(29-10-12-32-13-11-29)18-6-8-20(31-4)9-7-18;/h6-9,14,16,21,30H,5,10-13,15,17H2,1-4H3,(H2,24,25,26);1H. The molecule has 33 heavy (non-hydrogen) atoms. The van der Waals surface area contributed by atoms with Crippen LogP contribution in [0.3, 0.4) is 0 Å². The number of aromatic nitrogens is 2. The first kappa shape index (κ1) is 27.4. The van der Waals surface area contributed by atoms with Crippen molar-refractivity contribution in [3.8, 4) is 5.75 Å². The minimum atomic E-state index is -1.10. The molecule has 0 amide bonds. The molecule has 2 aromatic rings. The lowest BCUT2D eigenvalue weighted by Gasteiger charge is -2.35. The van der Waals surface area contributed by atoms with Crippen LogP contribution in [-0.2, 0) is 17.4 Å². The van der Waals surface area contributed by atoms with E-state index in [1.165, 1.54) is 5.56 Å². The third kappa shape index (κ3) is 7.83. The second-order valence-corrected chi connectivity index (χ2v) is 8.19. The summed E-state index contributed by atoms with van der Waals surface area (Å²) in [5, 5.41) is 21.8. The molecule has 2 unspecified atom stereocenters. The minimum absolute atomic E-state index is 0. The van der Waals surface area contributed by atoms with Gasteiger partial charge in [0.05, 0.1) is 39.1 Å². The van der Waals surface area contributed by atoms with Crippen LogP contribution in [0.25, 0.3) is 0 Å². The molecule has 1 aliphatic rings. The van der Waals surface area contributed by atoms with E-state index < -0.39 is 5.60 Å². The van der Waals surface area contributed by atoms with E-state index in [4.69, 9.17) is 9.47 Å². The molecular weight excluding hydrogens is 535 g/mol. The first-order chi connectivity index (χ1) is 15.4. The van der Waals surface area contributed by atoms with Gasteiger partial charge in [0.15, 0.2) is 5.96 Å². The summed E-state index contributed by atoms with van der Waals surface area (Å²) in [6, 6.07) is 8.36. The Hall–Kier alpha value is -1.89. The number of methoxy groups -OCH3 is 1. The van der Waals surface area contributed by atoms with Crippen LogP contribution < -0.4 is 15.4 Å². The van der Waals surface area contributed by atoms with Crippen molar-refractivity contribution in [2.45, 2.75) is 25.5 Å². The van der Waals surface area contributed by atoms with Gasteiger partial charge in [-0.15, -0.1) is 24.0 Å². The predicted octanol–water partition coefficient (Wildman–Crippen LogP) is 1.88. The second-order valence-electron chi connectivity index (χ2n) is 8.19. The first-order valence-corrected chi connectivity index (χ1v) is 11.1. The number of aliphatic imine (C=N–C) groups is 1. The van der Waals surface area contributed by atoms with Gasteiger partial charge in [0.2, 0.25) is 0 Å². The van der Waals surface area contributed by atoms with Gasteiger partial charge < -0.3 is 25.2 Å². The normalized spacial score (nSPS) is 17.5. The van der Waals surface area contributed by atoms with Crippen LogP contribution in [0.15, 0.2) is 41.7 Å². The molecule has 3 rings (SSSR count). The van der Waals surface area contributed by atoms with E-state index in [0.29, 0.717) is 12.5 Å². The molecule has 1 aliphatic heterocycles. The maximum absolute atomic E-state index is 10.9. The monoisotopic (exact) mass is 572 g/mol. The number of nitrogens with zero attached hydrogens (tertiary/aromatic N) is 4. The molecule has 0 radical (unpaired) electrons. The molecule has 1 fully saturated rings. The summed E-state index contributed by atoms with van der Waals surface area (Å²) in [7, 11) is 3.51. The van der Waals surface area contributed by atoms with Crippen molar-refractivity contribution in [2.24, 2.45) is 12.0 Å². The third-order valence-electron chi connectivity index (χ3n) is 5.67. The number of morpholine rings is 1. The smallest absolute Gasteiger partial charge is 0.191 e. The summed E-state index contributed by atoms with van der Waals surface area (Å²) in [5.41, 5.74) is 0.846. The second kappa shape index (κ2) is 13.1. The van der Waals surface area contributed by atoms with Crippen molar-refractivity contribution in [3.05, 3.63) is 47.8 Å². The fourth-order valence-corrected chi connectivity index (χ4v) is 3.73. The highest BCUT2D eigenvalue weighted by Gasteiger charge is 2.26. The van der Waals surface area contributed by atoms with Crippen LogP contribution in [-0.4, -0.2) is 78.8 Å². The van der Waals surface area contributed by atoms with E-state index in [2.05, 4.69) is 37.8 Å². The Bertz CT molecular complexity index is 865. The number of aliphatic hydroxyl groups is 1. The Balaban J connectivity index is 0.00000385. The molecule has 10 heteroatoms. The van der Waals surface area contributed by atoms with Gasteiger partial charge in [-0.05, 0) is 31.5 Å². The Morgan fingerprint density at radius 1 is 1.27 bits per heavy atom. The SMILES string of the molecule is CCNC(=NCC(C)(O)c1cnn(C)c1)NCC(c1ccc(OC)cc1)N1CCOCC1.I.